The van der Waals surface area contributed by atoms with Crippen LogP contribution in [0, 0.1) is 23.2 Å². The number of benzene rings is 2. The van der Waals surface area contributed by atoms with Crippen molar-refractivity contribution in [1.82, 2.24) is 20.1 Å². The SMILES string of the molecule is COc1ccccc1N1CCN(C(=O)C(Cc2c[nH]c3ccccc23)NC(=O)C2C[C@@H](O)CN2C(=O)C23CC4CC(CC(C4)C2)C3)CC1. The number of amides is 3. The normalized spacial score (nSPS) is 30.1. The lowest BCUT2D eigenvalue weighted by molar-refractivity contribution is -0.160. The van der Waals surface area contributed by atoms with Gasteiger partial charge >= 0.3 is 0 Å². The minimum atomic E-state index is -0.816. The number of hydrogen-bond donors (Lipinski definition) is 3. The number of anilines is 1. The lowest BCUT2D eigenvalue weighted by Crippen LogP contribution is -2.60. The molecule has 2 saturated heterocycles. The van der Waals surface area contributed by atoms with Crippen molar-refractivity contribution in [2.24, 2.45) is 23.2 Å². The first-order valence-corrected chi connectivity index (χ1v) is 17.8. The number of carbonyl (C=O) groups excluding carboxylic acids is 3. The van der Waals surface area contributed by atoms with Crippen molar-refractivity contribution in [3.8, 4) is 5.75 Å². The third-order valence-electron chi connectivity index (χ3n) is 12.1. The second-order valence-electron chi connectivity index (χ2n) is 15.2. The van der Waals surface area contributed by atoms with Gasteiger partial charge in [0.05, 0.1) is 24.3 Å². The van der Waals surface area contributed by atoms with E-state index in [1.807, 2.05) is 59.6 Å². The topological polar surface area (TPSA) is 118 Å². The molecule has 3 aromatic rings. The number of aromatic amines is 1. The van der Waals surface area contributed by atoms with Crippen molar-refractivity contribution >= 4 is 34.3 Å². The number of aliphatic hydroxyl groups excluding tert-OH is 1. The molecule has 1 aromatic heterocycles. The zero-order chi connectivity index (χ0) is 33.0. The summed E-state index contributed by atoms with van der Waals surface area (Å²) >= 11 is 0. The fourth-order valence-electron chi connectivity index (χ4n) is 10.2. The summed E-state index contributed by atoms with van der Waals surface area (Å²) in [5, 5.41) is 14.9. The molecule has 3 amide bonds. The fraction of sp³-hybridized carbons (Fsp3) is 0.553. The average Bonchev–Trinajstić information content (AvgIpc) is 3.70. The fourth-order valence-corrected chi connectivity index (χ4v) is 10.2. The van der Waals surface area contributed by atoms with Crippen molar-refractivity contribution < 1.29 is 24.2 Å². The standard InChI is InChI=1S/C38H47N5O5/c1-48-34-9-5-4-8-32(34)41-10-12-42(13-11-41)36(46)31(17-27-22-39-30-7-3-2-6-29(27)30)40-35(45)33-18-28(44)23-43(33)37(47)38-19-24-14-25(20-38)16-26(15-24)21-38/h2-9,22,24-26,28,31,33,39,44H,10-21,23H2,1H3,(H,40,45)/t24?,25?,26?,28-,31?,33?,38?/m1/s1. The van der Waals surface area contributed by atoms with Gasteiger partial charge in [0.1, 0.15) is 17.8 Å². The lowest BCUT2D eigenvalue weighted by atomic mass is 9.49. The van der Waals surface area contributed by atoms with E-state index in [1.165, 1.54) is 19.3 Å². The van der Waals surface area contributed by atoms with E-state index in [9.17, 15) is 19.5 Å². The van der Waals surface area contributed by atoms with E-state index in [2.05, 4.69) is 15.2 Å². The number of rotatable bonds is 8. The summed E-state index contributed by atoms with van der Waals surface area (Å²) in [6, 6.07) is 14.3. The number of β-amino-alcohol motifs (C(OH)–C–C–N with tert-alkyl or cyclic N) is 1. The summed E-state index contributed by atoms with van der Waals surface area (Å²) in [7, 11) is 1.66. The van der Waals surface area contributed by atoms with Gasteiger partial charge in [-0.25, -0.2) is 0 Å². The van der Waals surface area contributed by atoms with Crippen LogP contribution in [0.15, 0.2) is 54.7 Å². The largest absolute Gasteiger partial charge is 0.495 e. The van der Waals surface area contributed by atoms with Crippen LogP contribution in [0.4, 0.5) is 5.69 Å². The number of aliphatic hydroxyl groups is 1. The molecule has 6 fully saturated rings. The molecule has 4 aliphatic carbocycles. The van der Waals surface area contributed by atoms with Gasteiger partial charge in [0.2, 0.25) is 17.7 Å². The van der Waals surface area contributed by atoms with Crippen molar-refractivity contribution in [2.75, 3.05) is 44.7 Å². The lowest BCUT2D eigenvalue weighted by Gasteiger charge is -2.56. The van der Waals surface area contributed by atoms with Gasteiger partial charge < -0.3 is 34.8 Å². The highest BCUT2D eigenvalue weighted by atomic mass is 16.5. The number of nitrogens with zero attached hydrogens (tertiary/aromatic N) is 3. The summed E-state index contributed by atoms with van der Waals surface area (Å²) in [5.74, 6) is 2.16. The first kappa shape index (κ1) is 31.2. The van der Waals surface area contributed by atoms with E-state index >= 15 is 0 Å². The van der Waals surface area contributed by atoms with Gasteiger partial charge in [0.15, 0.2) is 0 Å². The van der Waals surface area contributed by atoms with Crippen LogP contribution in [0.25, 0.3) is 10.9 Å². The summed E-state index contributed by atoms with van der Waals surface area (Å²) in [5.41, 5.74) is 2.52. The van der Waals surface area contributed by atoms with Crippen LogP contribution >= 0.6 is 0 Å². The number of aromatic nitrogens is 1. The highest BCUT2D eigenvalue weighted by Crippen LogP contribution is 2.60. The molecular formula is C38H47N5O5. The van der Waals surface area contributed by atoms with Gasteiger partial charge in [-0.1, -0.05) is 30.3 Å². The minimum absolute atomic E-state index is 0.0465. The molecule has 3 atom stereocenters. The van der Waals surface area contributed by atoms with Crippen molar-refractivity contribution in [2.45, 2.75) is 69.6 Å². The Balaban J connectivity index is 1.02. The summed E-state index contributed by atoms with van der Waals surface area (Å²) in [6.07, 6.45) is 8.06. The molecule has 10 nitrogen and oxygen atoms in total. The molecule has 254 valence electrons. The number of likely N-dealkylation sites (tertiary alicyclic amines) is 1. The number of hydrogen-bond acceptors (Lipinski definition) is 6. The Bertz CT molecular complexity index is 1660. The zero-order valence-electron chi connectivity index (χ0n) is 27.8. The molecule has 10 heteroatoms. The molecule has 3 N–H and O–H groups in total. The molecule has 4 bridgehead atoms. The molecule has 2 unspecified atom stereocenters. The number of H-pyrrole nitrogens is 1. The van der Waals surface area contributed by atoms with Crippen LogP contribution in [0.5, 0.6) is 5.75 Å². The van der Waals surface area contributed by atoms with E-state index in [-0.39, 0.29) is 30.7 Å². The van der Waals surface area contributed by atoms with Crippen LogP contribution in [0.2, 0.25) is 0 Å². The molecule has 4 saturated carbocycles. The smallest absolute Gasteiger partial charge is 0.245 e. The van der Waals surface area contributed by atoms with E-state index < -0.39 is 23.6 Å². The molecule has 9 rings (SSSR count). The second kappa shape index (κ2) is 12.4. The predicted octanol–water partition coefficient (Wildman–Crippen LogP) is 3.73. The molecule has 48 heavy (non-hydrogen) atoms. The van der Waals surface area contributed by atoms with Gasteiger partial charge in [0, 0.05) is 62.7 Å². The Morgan fingerprint density at radius 1 is 0.938 bits per heavy atom. The first-order chi connectivity index (χ1) is 23.3. The first-order valence-electron chi connectivity index (χ1n) is 17.8. The van der Waals surface area contributed by atoms with Gasteiger partial charge in [0.25, 0.3) is 0 Å². The molecule has 2 aliphatic heterocycles. The number of methoxy groups -OCH3 is 1. The maximum atomic E-state index is 14.4. The monoisotopic (exact) mass is 653 g/mol. The number of nitrogens with one attached hydrogen (secondary N) is 2. The third kappa shape index (κ3) is 5.61. The number of carbonyl (C=O) groups is 3. The Hall–Kier alpha value is -4.05. The quantitative estimate of drug-likeness (QED) is 0.341. The molecule has 2 aromatic carbocycles. The predicted molar refractivity (Wildman–Crippen MR) is 182 cm³/mol. The van der Waals surface area contributed by atoms with Crippen molar-refractivity contribution in [3.05, 3.63) is 60.3 Å². The average molecular weight is 654 g/mol. The van der Waals surface area contributed by atoms with E-state index in [1.54, 1.807) is 12.0 Å². The Kier molecular flexibility index (Phi) is 8.09. The number of piperazine rings is 1. The Morgan fingerprint density at radius 3 is 2.31 bits per heavy atom. The van der Waals surface area contributed by atoms with Crippen LogP contribution in [-0.2, 0) is 20.8 Å². The maximum absolute atomic E-state index is 14.4. The molecule has 0 radical (unpaired) electrons. The van der Waals surface area contributed by atoms with E-state index in [0.717, 1.165) is 47.2 Å². The summed E-state index contributed by atoms with van der Waals surface area (Å²) in [6.45, 7) is 2.47. The van der Waals surface area contributed by atoms with Crippen molar-refractivity contribution in [1.29, 1.82) is 0 Å². The highest BCUT2D eigenvalue weighted by molar-refractivity contribution is 5.94. The Labute approximate surface area is 281 Å². The van der Waals surface area contributed by atoms with E-state index in [0.29, 0.717) is 50.4 Å². The maximum Gasteiger partial charge on any atom is 0.245 e. The summed E-state index contributed by atoms with van der Waals surface area (Å²) in [4.78, 5) is 51.9. The van der Waals surface area contributed by atoms with Crippen LogP contribution < -0.4 is 15.0 Å². The molecule has 0 spiro atoms. The number of para-hydroxylation sites is 3. The minimum Gasteiger partial charge on any atom is -0.495 e. The van der Waals surface area contributed by atoms with Crippen LogP contribution in [0.3, 0.4) is 0 Å². The van der Waals surface area contributed by atoms with Gasteiger partial charge in [-0.2, -0.15) is 0 Å². The number of fused-ring (bicyclic) bond motifs is 1. The van der Waals surface area contributed by atoms with E-state index in [4.69, 9.17) is 4.74 Å². The van der Waals surface area contributed by atoms with Crippen LogP contribution in [-0.4, -0.2) is 95.6 Å². The third-order valence-corrected chi connectivity index (χ3v) is 12.1. The zero-order valence-corrected chi connectivity index (χ0v) is 27.8. The van der Waals surface area contributed by atoms with Gasteiger partial charge in [-0.3, -0.25) is 14.4 Å². The van der Waals surface area contributed by atoms with Crippen molar-refractivity contribution in [3.63, 3.8) is 0 Å². The molecular weight excluding hydrogens is 606 g/mol. The molecule has 3 heterocycles. The summed E-state index contributed by atoms with van der Waals surface area (Å²) < 4.78 is 5.58. The van der Waals surface area contributed by atoms with Gasteiger partial charge in [-0.15, -0.1) is 0 Å². The Morgan fingerprint density at radius 2 is 1.60 bits per heavy atom. The highest BCUT2D eigenvalue weighted by Gasteiger charge is 2.57. The van der Waals surface area contributed by atoms with Gasteiger partial charge in [-0.05, 0) is 80.0 Å². The molecule has 6 aliphatic rings. The second-order valence-corrected chi connectivity index (χ2v) is 15.2. The van der Waals surface area contributed by atoms with Crippen LogP contribution in [0.1, 0.15) is 50.5 Å². The number of ether oxygens (including phenoxy) is 1.